The number of alkyl halides is 3. The fourth-order valence-electron chi connectivity index (χ4n) is 3.20. The van der Waals surface area contributed by atoms with Crippen molar-refractivity contribution in [3.8, 4) is 11.4 Å². The zero-order chi connectivity index (χ0) is 19.8. The van der Waals surface area contributed by atoms with E-state index in [1.54, 1.807) is 6.92 Å². The van der Waals surface area contributed by atoms with E-state index >= 15 is 0 Å². The number of hydrogen-bond donors (Lipinski definition) is 3. The highest BCUT2D eigenvalue weighted by molar-refractivity contribution is 5.95. The third-order valence-corrected chi connectivity index (χ3v) is 4.74. The summed E-state index contributed by atoms with van der Waals surface area (Å²) in [7, 11) is 0. The van der Waals surface area contributed by atoms with Crippen molar-refractivity contribution >= 4 is 11.9 Å². The predicted molar refractivity (Wildman–Crippen MR) is 90.1 cm³/mol. The Bertz CT molecular complexity index is 885. The van der Waals surface area contributed by atoms with Crippen molar-refractivity contribution in [1.82, 2.24) is 15.3 Å². The van der Waals surface area contributed by atoms with Crippen LogP contribution in [0.5, 0.6) is 0 Å². The van der Waals surface area contributed by atoms with Crippen LogP contribution in [0.2, 0.25) is 0 Å². The number of carboxylic acids is 1. The van der Waals surface area contributed by atoms with Crippen LogP contribution in [-0.2, 0) is 11.0 Å². The number of hydrogen-bond acceptors (Lipinski definition) is 3. The van der Waals surface area contributed by atoms with Gasteiger partial charge in [-0.05, 0) is 38.3 Å². The summed E-state index contributed by atoms with van der Waals surface area (Å²) in [5.41, 5.74) is -0.959. The Morgan fingerprint density at radius 1 is 1.33 bits per heavy atom. The van der Waals surface area contributed by atoms with Crippen molar-refractivity contribution in [3.63, 3.8) is 0 Å². The molecule has 2 aromatic rings. The molecule has 0 spiro atoms. The lowest BCUT2D eigenvalue weighted by molar-refractivity contribution is -0.139. The minimum atomic E-state index is -4.48. The number of aryl methyl sites for hydroxylation is 1. The number of aromatic nitrogens is 2. The van der Waals surface area contributed by atoms with E-state index < -0.39 is 29.2 Å². The van der Waals surface area contributed by atoms with Crippen LogP contribution in [0.4, 0.5) is 13.2 Å². The Balaban J connectivity index is 1.84. The maximum Gasteiger partial charge on any atom is 0.416 e. The third-order valence-electron chi connectivity index (χ3n) is 4.74. The van der Waals surface area contributed by atoms with E-state index in [1.807, 2.05) is 0 Å². The molecule has 0 unspecified atom stereocenters. The molecule has 0 radical (unpaired) electrons. The van der Waals surface area contributed by atoms with E-state index in [2.05, 4.69) is 15.3 Å². The number of aliphatic carboxylic acids is 1. The van der Waals surface area contributed by atoms with E-state index in [-0.39, 0.29) is 23.5 Å². The molecule has 3 rings (SSSR count). The highest BCUT2D eigenvalue weighted by atomic mass is 19.4. The number of imidazole rings is 1. The van der Waals surface area contributed by atoms with Crippen molar-refractivity contribution in [2.75, 3.05) is 0 Å². The topological polar surface area (TPSA) is 95.1 Å². The van der Waals surface area contributed by atoms with Crippen LogP contribution in [-0.4, -0.2) is 32.5 Å². The van der Waals surface area contributed by atoms with Crippen molar-refractivity contribution in [2.45, 2.75) is 44.3 Å². The first-order valence-corrected chi connectivity index (χ1v) is 8.38. The van der Waals surface area contributed by atoms with Gasteiger partial charge in [0.25, 0.3) is 5.91 Å². The van der Waals surface area contributed by atoms with Crippen LogP contribution in [0.25, 0.3) is 11.4 Å². The zero-order valence-electron chi connectivity index (χ0n) is 14.5. The van der Waals surface area contributed by atoms with E-state index in [0.29, 0.717) is 18.5 Å². The lowest BCUT2D eigenvalue weighted by atomic mass is 9.74. The van der Waals surface area contributed by atoms with E-state index in [9.17, 15) is 22.8 Å². The molecule has 1 amide bonds. The fraction of sp³-hybridized carbons (Fsp3) is 0.389. The summed E-state index contributed by atoms with van der Waals surface area (Å²) in [4.78, 5) is 30.6. The number of aromatic amines is 1. The number of halogens is 3. The summed E-state index contributed by atoms with van der Waals surface area (Å²) < 4.78 is 38.7. The zero-order valence-corrected chi connectivity index (χ0v) is 14.5. The van der Waals surface area contributed by atoms with Crippen LogP contribution >= 0.6 is 0 Å². The molecule has 0 atom stereocenters. The lowest BCUT2D eigenvalue weighted by Gasteiger charge is -2.41. The summed E-state index contributed by atoms with van der Waals surface area (Å²) in [5.74, 6) is -1.40. The van der Waals surface area contributed by atoms with Crippen LogP contribution < -0.4 is 5.32 Å². The SMILES string of the molecule is Cc1[nH]c(-c2cccc(C(F)(F)F)c2)nc1C(=O)NC1(CC(=O)O)CCC1. The molecule has 1 heterocycles. The van der Waals surface area contributed by atoms with Gasteiger partial charge in [0.05, 0.1) is 17.5 Å². The van der Waals surface area contributed by atoms with Gasteiger partial charge in [-0.25, -0.2) is 4.98 Å². The van der Waals surface area contributed by atoms with Gasteiger partial charge in [-0.2, -0.15) is 13.2 Å². The van der Waals surface area contributed by atoms with Gasteiger partial charge >= 0.3 is 12.1 Å². The first-order valence-electron chi connectivity index (χ1n) is 8.38. The average Bonchev–Trinajstić information content (AvgIpc) is 2.93. The summed E-state index contributed by atoms with van der Waals surface area (Å²) in [6, 6.07) is 4.65. The van der Waals surface area contributed by atoms with Crippen LogP contribution in [0.3, 0.4) is 0 Å². The van der Waals surface area contributed by atoms with Gasteiger partial charge in [0.1, 0.15) is 11.5 Å². The van der Waals surface area contributed by atoms with Crippen molar-refractivity contribution in [3.05, 3.63) is 41.2 Å². The lowest BCUT2D eigenvalue weighted by Crippen LogP contribution is -2.54. The van der Waals surface area contributed by atoms with Crippen LogP contribution in [0.1, 0.15) is 47.4 Å². The standard InChI is InChI=1S/C18H18F3N3O3/c1-10-14(16(27)24-17(6-3-7-17)9-13(25)26)23-15(22-10)11-4-2-5-12(8-11)18(19,20)21/h2,4-5,8H,3,6-7,9H2,1H3,(H,22,23)(H,24,27)(H,25,26). The monoisotopic (exact) mass is 381 g/mol. The summed E-state index contributed by atoms with van der Waals surface area (Å²) in [5, 5.41) is 11.8. The summed E-state index contributed by atoms with van der Waals surface area (Å²) in [6.07, 6.45) is -2.71. The quantitative estimate of drug-likeness (QED) is 0.738. The Morgan fingerprint density at radius 2 is 2.04 bits per heavy atom. The third kappa shape index (κ3) is 3.96. The Kier molecular flexibility index (Phi) is 4.71. The van der Waals surface area contributed by atoms with E-state index in [1.165, 1.54) is 12.1 Å². The Hall–Kier alpha value is -2.84. The number of rotatable bonds is 5. The highest BCUT2D eigenvalue weighted by Gasteiger charge is 2.41. The molecular formula is C18H18F3N3O3. The van der Waals surface area contributed by atoms with Crippen molar-refractivity contribution in [2.24, 2.45) is 0 Å². The van der Waals surface area contributed by atoms with Gasteiger partial charge in [0.2, 0.25) is 0 Å². The van der Waals surface area contributed by atoms with Crippen LogP contribution in [0, 0.1) is 6.92 Å². The molecule has 27 heavy (non-hydrogen) atoms. The smallest absolute Gasteiger partial charge is 0.416 e. The molecular weight excluding hydrogens is 363 g/mol. The molecule has 1 aliphatic carbocycles. The number of carbonyl (C=O) groups excluding carboxylic acids is 1. The number of nitrogens with zero attached hydrogens (tertiary/aromatic N) is 1. The second-order valence-electron chi connectivity index (χ2n) is 6.80. The molecule has 6 nitrogen and oxygen atoms in total. The first-order chi connectivity index (χ1) is 12.6. The number of benzene rings is 1. The number of nitrogens with one attached hydrogen (secondary N) is 2. The molecule has 0 saturated heterocycles. The molecule has 1 aromatic carbocycles. The van der Waals surface area contributed by atoms with E-state index in [0.717, 1.165) is 18.6 Å². The average molecular weight is 381 g/mol. The van der Waals surface area contributed by atoms with Crippen LogP contribution in [0.15, 0.2) is 24.3 Å². The summed E-state index contributed by atoms with van der Waals surface area (Å²) >= 11 is 0. The van der Waals surface area contributed by atoms with Gasteiger partial charge in [0, 0.05) is 11.3 Å². The minimum Gasteiger partial charge on any atom is -0.481 e. The Morgan fingerprint density at radius 3 is 2.59 bits per heavy atom. The fourth-order valence-corrected chi connectivity index (χ4v) is 3.20. The molecule has 1 aliphatic rings. The number of amides is 1. The van der Waals surface area contributed by atoms with Gasteiger partial charge in [-0.1, -0.05) is 12.1 Å². The van der Waals surface area contributed by atoms with Gasteiger partial charge < -0.3 is 15.4 Å². The molecule has 3 N–H and O–H groups in total. The molecule has 1 fully saturated rings. The molecule has 9 heteroatoms. The second kappa shape index (κ2) is 6.71. The van der Waals surface area contributed by atoms with Gasteiger partial charge in [-0.3, -0.25) is 9.59 Å². The molecule has 1 saturated carbocycles. The molecule has 0 aliphatic heterocycles. The maximum absolute atomic E-state index is 12.9. The maximum atomic E-state index is 12.9. The number of carboxylic acid groups (broad SMARTS) is 1. The van der Waals surface area contributed by atoms with Gasteiger partial charge in [0.15, 0.2) is 0 Å². The summed E-state index contributed by atoms with van der Waals surface area (Å²) in [6.45, 7) is 1.59. The minimum absolute atomic E-state index is 0.0408. The van der Waals surface area contributed by atoms with E-state index in [4.69, 9.17) is 5.11 Å². The van der Waals surface area contributed by atoms with Gasteiger partial charge in [-0.15, -0.1) is 0 Å². The number of carbonyl (C=O) groups is 2. The first kappa shape index (κ1) is 18.9. The van der Waals surface area contributed by atoms with Crippen molar-refractivity contribution in [1.29, 1.82) is 0 Å². The second-order valence-corrected chi connectivity index (χ2v) is 6.80. The molecule has 144 valence electrons. The predicted octanol–water partition coefficient (Wildman–Crippen LogP) is 3.53. The largest absolute Gasteiger partial charge is 0.481 e. The normalized spacial score (nSPS) is 15.9. The number of H-pyrrole nitrogens is 1. The molecule has 0 bridgehead atoms. The van der Waals surface area contributed by atoms with Crippen molar-refractivity contribution < 1.29 is 27.9 Å². The Labute approximate surface area is 152 Å². The highest BCUT2D eigenvalue weighted by Crippen LogP contribution is 2.35. The molecule has 1 aromatic heterocycles.